The van der Waals surface area contributed by atoms with E-state index in [0.29, 0.717) is 19.7 Å². The molecule has 0 radical (unpaired) electrons. The minimum Gasteiger partial charge on any atom is -0.497 e. The Morgan fingerprint density at radius 1 is 1.13 bits per heavy atom. The van der Waals surface area contributed by atoms with Gasteiger partial charge in [-0.25, -0.2) is 4.79 Å². The van der Waals surface area contributed by atoms with Crippen molar-refractivity contribution in [1.82, 2.24) is 14.8 Å². The lowest BCUT2D eigenvalue weighted by Gasteiger charge is -2.51. The van der Waals surface area contributed by atoms with Crippen LogP contribution >= 0.6 is 0 Å². The quantitative estimate of drug-likeness (QED) is 0.418. The molecule has 2 aromatic rings. The summed E-state index contributed by atoms with van der Waals surface area (Å²) in [4.78, 5) is 21.2. The number of H-pyrrole nitrogens is 1. The number of piperidine rings is 1. The van der Waals surface area contributed by atoms with Gasteiger partial charge in [-0.3, -0.25) is 4.90 Å². The molecule has 0 aliphatic carbocycles. The van der Waals surface area contributed by atoms with E-state index in [-0.39, 0.29) is 22.6 Å². The summed E-state index contributed by atoms with van der Waals surface area (Å²) in [6.45, 7) is 23.6. The number of likely N-dealkylation sites (N-methyl/N-ethyl adjacent to an activating group) is 1. The number of methoxy groups -OCH3 is 1. The maximum atomic E-state index is 12.9. The van der Waals surface area contributed by atoms with Crippen LogP contribution in [-0.2, 0) is 14.6 Å². The number of ether oxygens (including phenoxy) is 2. The van der Waals surface area contributed by atoms with Gasteiger partial charge >= 0.3 is 6.09 Å². The molecule has 7 nitrogen and oxygen atoms in total. The molecule has 4 rings (SSSR count). The third kappa shape index (κ3) is 5.49. The van der Waals surface area contributed by atoms with Crippen LogP contribution in [0.15, 0.2) is 18.2 Å². The van der Waals surface area contributed by atoms with Crippen LogP contribution in [0.25, 0.3) is 10.9 Å². The van der Waals surface area contributed by atoms with Crippen molar-refractivity contribution in [1.29, 1.82) is 0 Å². The zero-order chi connectivity index (χ0) is 28.1. The number of aromatic nitrogens is 1. The average molecular weight is 544 g/mol. The molecule has 1 amide bonds. The molecule has 2 aliphatic heterocycles. The van der Waals surface area contributed by atoms with Gasteiger partial charge in [-0.1, -0.05) is 27.7 Å². The summed E-state index contributed by atoms with van der Waals surface area (Å²) in [5.74, 6) is 0.853. The van der Waals surface area contributed by atoms with E-state index in [1.54, 1.807) is 7.11 Å². The van der Waals surface area contributed by atoms with Crippen molar-refractivity contribution in [2.75, 3.05) is 39.9 Å². The molecular weight excluding hydrogens is 494 g/mol. The Hall–Kier alpha value is -2.03. The van der Waals surface area contributed by atoms with Crippen molar-refractivity contribution in [3.63, 3.8) is 0 Å². The molecule has 1 fully saturated rings. The van der Waals surface area contributed by atoms with E-state index in [1.165, 1.54) is 16.6 Å². The molecule has 1 unspecified atom stereocenters. The number of hydrogen-bond donors (Lipinski definition) is 1. The predicted octanol–water partition coefficient (Wildman–Crippen LogP) is 6.84. The summed E-state index contributed by atoms with van der Waals surface area (Å²) in [6, 6.07) is 6.54. The normalized spacial score (nSPS) is 20.6. The van der Waals surface area contributed by atoms with Crippen molar-refractivity contribution < 1.29 is 18.7 Å². The van der Waals surface area contributed by atoms with Crippen LogP contribution in [0.4, 0.5) is 4.79 Å². The zero-order valence-electron chi connectivity index (χ0n) is 25.3. The number of hydrogen-bond acceptors (Lipinski definition) is 5. The van der Waals surface area contributed by atoms with Gasteiger partial charge < -0.3 is 23.8 Å². The molecule has 0 bridgehead atoms. The second-order valence-electron chi connectivity index (χ2n) is 13.7. The van der Waals surface area contributed by atoms with Crippen LogP contribution < -0.4 is 4.74 Å². The molecule has 1 N–H and O–H groups in total. The molecule has 38 heavy (non-hydrogen) atoms. The van der Waals surface area contributed by atoms with Crippen molar-refractivity contribution in [3.05, 3.63) is 29.5 Å². The van der Waals surface area contributed by atoms with Crippen molar-refractivity contribution >= 4 is 25.3 Å². The van der Waals surface area contributed by atoms with Crippen LogP contribution in [0.2, 0.25) is 18.1 Å². The van der Waals surface area contributed by atoms with Crippen molar-refractivity contribution in [2.45, 2.75) is 96.5 Å². The van der Waals surface area contributed by atoms with E-state index in [9.17, 15) is 4.79 Å². The Bertz CT molecular complexity index is 1150. The highest BCUT2D eigenvalue weighted by atomic mass is 28.4. The number of amides is 1. The fraction of sp³-hybridized carbons (Fsp3) is 0.700. The standard InChI is InChI=1S/C30H49N3O4Si/c1-11-32-20-30(14-16-33(17-15-30)27(34)37-28(2,3)4)25-22-13-12-21(35-8)18-23(22)31-26(25)24(32)19-36-38(9,10)29(5,6)7/h12-13,18,24,31H,11,14-17,19-20H2,1-10H3. The van der Waals surface area contributed by atoms with Gasteiger partial charge in [-0.2, -0.15) is 0 Å². The third-order valence-electron chi connectivity index (χ3n) is 9.03. The van der Waals surface area contributed by atoms with Crippen LogP contribution in [-0.4, -0.2) is 74.7 Å². The summed E-state index contributed by atoms with van der Waals surface area (Å²) in [5, 5.41) is 1.42. The van der Waals surface area contributed by atoms with Crippen LogP contribution in [0.3, 0.4) is 0 Å². The first-order valence-electron chi connectivity index (χ1n) is 14.2. The topological polar surface area (TPSA) is 67.0 Å². The van der Waals surface area contributed by atoms with Gasteiger partial charge in [-0.15, -0.1) is 0 Å². The Morgan fingerprint density at radius 2 is 1.79 bits per heavy atom. The average Bonchev–Trinajstić information content (AvgIpc) is 3.21. The van der Waals surface area contributed by atoms with E-state index >= 15 is 0 Å². The van der Waals surface area contributed by atoms with Crippen molar-refractivity contribution in [2.24, 2.45) is 0 Å². The maximum absolute atomic E-state index is 12.9. The first-order valence-corrected chi connectivity index (χ1v) is 17.1. The summed E-state index contributed by atoms with van der Waals surface area (Å²) >= 11 is 0. The lowest BCUT2D eigenvalue weighted by molar-refractivity contribution is 0.00883. The summed E-state index contributed by atoms with van der Waals surface area (Å²) in [5.41, 5.74) is 3.26. The number of nitrogens with one attached hydrogen (secondary N) is 1. The van der Waals surface area contributed by atoms with Crippen LogP contribution in [0.5, 0.6) is 5.75 Å². The Kier molecular flexibility index (Phi) is 7.76. The van der Waals surface area contributed by atoms with E-state index in [2.05, 4.69) is 68.9 Å². The number of rotatable bonds is 5. The van der Waals surface area contributed by atoms with E-state index in [4.69, 9.17) is 13.9 Å². The van der Waals surface area contributed by atoms with Crippen LogP contribution in [0.1, 0.15) is 78.6 Å². The minimum absolute atomic E-state index is 0.0375. The number of carbonyl (C=O) groups excluding carboxylic acids is 1. The molecule has 1 atom stereocenters. The molecule has 1 aromatic carbocycles. The Morgan fingerprint density at radius 3 is 2.34 bits per heavy atom. The molecule has 0 saturated carbocycles. The molecule has 2 aliphatic rings. The zero-order valence-corrected chi connectivity index (χ0v) is 26.3. The molecule has 8 heteroatoms. The lowest BCUT2D eigenvalue weighted by Crippen LogP contribution is -2.55. The lowest BCUT2D eigenvalue weighted by atomic mass is 9.68. The molecule has 1 aromatic heterocycles. The Labute approximate surface area is 230 Å². The van der Waals surface area contributed by atoms with Crippen LogP contribution in [0, 0.1) is 0 Å². The minimum atomic E-state index is -1.91. The largest absolute Gasteiger partial charge is 0.497 e. The highest BCUT2D eigenvalue weighted by molar-refractivity contribution is 6.74. The first kappa shape index (κ1) is 29.0. The summed E-state index contributed by atoms with van der Waals surface area (Å²) < 4.78 is 18.1. The smallest absolute Gasteiger partial charge is 0.410 e. The van der Waals surface area contributed by atoms with Gasteiger partial charge in [0.25, 0.3) is 0 Å². The highest BCUT2D eigenvalue weighted by Gasteiger charge is 2.48. The fourth-order valence-electron chi connectivity index (χ4n) is 5.78. The first-order chi connectivity index (χ1) is 17.6. The number of likely N-dealkylation sites (tertiary alicyclic amines) is 1. The molecular formula is C30H49N3O4Si. The van der Waals surface area contributed by atoms with Gasteiger partial charge in [0, 0.05) is 47.7 Å². The maximum Gasteiger partial charge on any atom is 0.410 e. The summed E-state index contributed by atoms with van der Waals surface area (Å²) in [6.07, 6.45) is 1.61. The van der Waals surface area contributed by atoms with Gasteiger partial charge in [0.15, 0.2) is 8.32 Å². The molecule has 1 saturated heterocycles. The Balaban J connectivity index is 1.72. The number of nitrogens with zero attached hydrogens (tertiary/aromatic N) is 2. The number of fused-ring (bicyclic) bond motifs is 4. The third-order valence-corrected chi connectivity index (χ3v) is 13.5. The summed E-state index contributed by atoms with van der Waals surface area (Å²) in [7, 11) is -0.200. The number of benzene rings is 1. The predicted molar refractivity (Wildman–Crippen MR) is 157 cm³/mol. The molecule has 212 valence electrons. The van der Waals surface area contributed by atoms with E-state index in [1.807, 2.05) is 25.7 Å². The van der Waals surface area contributed by atoms with Gasteiger partial charge in [0.2, 0.25) is 0 Å². The van der Waals surface area contributed by atoms with Gasteiger partial charge in [-0.05, 0) is 76.0 Å². The van der Waals surface area contributed by atoms with Crippen molar-refractivity contribution in [3.8, 4) is 5.75 Å². The fourth-order valence-corrected chi connectivity index (χ4v) is 6.79. The van der Waals surface area contributed by atoms with E-state index < -0.39 is 13.9 Å². The van der Waals surface area contributed by atoms with E-state index in [0.717, 1.165) is 37.2 Å². The molecule has 3 heterocycles. The SMILES string of the molecule is CCN1CC2(CCN(C(=O)OC(C)(C)C)CC2)c2c([nH]c3cc(OC)ccc23)C1CO[Si](C)(C)C(C)(C)C. The monoisotopic (exact) mass is 543 g/mol. The second kappa shape index (κ2) is 10.2. The second-order valence-corrected chi connectivity index (χ2v) is 18.5. The van der Waals surface area contributed by atoms with Gasteiger partial charge in [0.05, 0.1) is 19.8 Å². The van der Waals surface area contributed by atoms with Gasteiger partial charge in [0.1, 0.15) is 11.4 Å². The molecule has 1 spiro atoms. The highest BCUT2D eigenvalue weighted by Crippen LogP contribution is 2.50. The number of carbonyl (C=O) groups is 1. The number of aromatic amines is 1.